The Morgan fingerprint density at radius 1 is 1.21 bits per heavy atom. The van der Waals surface area contributed by atoms with Crippen LogP contribution in [0.25, 0.3) is 0 Å². The molecular formula is C13H19N. The fraction of sp³-hybridized carbons (Fsp3) is 0.615. The first kappa shape index (κ1) is 9.70. The lowest BCUT2D eigenvalue weighted by molar-refractivity contribution is 0.258. The zero-order valence-corrected chi connectivity index (χ0v) is 9.11. The number of aromatic nitrogens is 1. The Balaban J connectivity index is 2.12. The fourth-order valence-corrected chi connectivity index (χ4v) is 2.70. The molecule has 1 aliphatic carbocycles. The summed E-state index contributed by atoms with van der Waals surface area (Å²) in [5.74, 6) is 2.41. The first-order valence-electron chi connectivity index (χ1n) is 5.68. The highest BCUT2D eigenvalue weighted by molar-refractivity contribution is 5.11. The second-order valence-corrected chi connectivity index (χ2v) is 4.76. The topological polar surface area (TPSA) is 12.9 Å². The maximum atomic E-state index is 4.48. The van der Waals surface area contributed by atoms with E-state index in [2.05, 4.69) is 31.0 Å². The molecule has 14 heavy (non-hydrogen) atoms. The normalized spacial score (nSPS) is 32.9. The van der Waals surface area contributed by atoms with Crippen LogP contribution < -0.4 is 0 Å². The number of nitrogens with zero attached hydrogens (tertiary/aromatic N) is 1. The smallest absolute Gasteiger partial charge is 0.0437 e. The summed E-state index contributed by atoms with van der Waals surface area (Å²) < 4.78 is 0. The van der Waals surface area contributed by atoms with Gasteiger partial charge in [0.05, 0.1) is 0 Å². The Morgan fingerprint density at radius 3 is 2.71 bits per heavy atom. The summed E-state index contributed by atoms with van der Waals surface area (Å²) in [4.78, 5) is 4.48. The van der Waals surface area contributed by atoms with E-state index in [0.29, 0.717) is 5.92 Å². The molecule has 0 N–H and O–H groups in total. The van der Waals surface area contributed by atoms with Crippen molar-refractivity contribution < 1.29 is 0 Å². The lowest BCUT2D eigenvalue weighted by Gasteiger charge is -2.32. The lowest BCUT2D eigenvalue weighted by atomic mass is 9.74. The molecule has 2 rings (SSSR count). The van der Waals surface area contributed by atoms with Gasteiger partial charge in [-0.25, -0.2) is 0 Å². The van der Waals surface area contributed by atoms with Crippen molar-refractivity contribution in [3.8, 4) is 0 Å². The molecule has 1 fully saturated rings. The molecule has 1 heterocycles. The van der Waals surface area contributed by atoms with Gasteiger partial charge in [-0.15, -0.1) is 0 Å². The summed E-state index contributed by atoms with van der Waals surface area (Å²) in [6.45, 7) is 4.74. The molecule has 1 aromatic heterocycles. The average molecular weight is 189 g/mol. The molecule has 3 atom stereocenters. The van der Waals surface area contributed by atoms with Crippen LogP contribution in [-0.4, -0.2) is 4.98 Å². The van der Waals surface area contributed by atoms with Crippen LogP contribution in [0.5, 0.6) is 0 Å². The van der Waals surface area contributed by atoms with Gasteiger partial charge in [-0.2, -0.15) is 0 Å². The third kappa shape index (κ3) is 1.97. The van der Waals surface area contributed by atoms with Gasteiger partial charge >= 0.3 is 0 Å². The molecule has 0 saturated heterocycles. The van der Waals surface area contributed by atoms with Gasteiger partial charge in [0.25, 0.3) is 0 Å². The van der Waals surface area contributed by atoms with Crippen LogP contribution in [0.15, 0.2) is 24.4 Å². The highest BCUT2D eigenvalue weighted by Gasteiger charge is 2.26. The third-order valence-electron chi connectivity index (χ3n) is 3.50. The summed E-state index contributed by atoms with van der Waals surface area (Å²) in [6, 6.07) is 6.28. The third-order valence-corrected chi connectivity index (χ3v) is 3.50. The molecule has 76 valence electrons. The molecule has 1 aromatic rings. The molecule has 0 unspecified atom stereocenters. The Bertz CT molecular complexity index is 281. The molecule has 1 saturated carbocycles. The van der Waals surface area contributed by atoms with Crippen LogP contribution in [-0.2, 0) is 0 Å². The Hall–Kier alpha value is -0.850. The van der Waals surface area contributed by atoms with E-state index in [-0.39, 0.29) is 0 Å². The molecule has 0 amide bonds. The average Bonchev–Trinajstić information content (AvgIpc) is 2.19. The molecule has 0 bridgehead atoms. The van der Waals surface area contributed by atoms with E-state index in [4.69, 9.17) is 0 Å². The van der Waals surface area contributed by atoms with E-state index in [9.17, 15) is 0 Å². The number of hydrogen-bond acceptors (Lipinski definition) is 1. The van der Waals surface area contributed by atoms with Gasteiger partial charge in [0.1, 0.15) is 0 Å². The number of hydrogen-bond donors (Lipinski definition) is 0. The number of pyridine rings is 1. The number of rotatable bonds is 1. The van der Waals surface area contributed by atoms with E-state index < -0.39 is 0 Å². The summed E-state index contributed by atoms with van der Waals surface area (Å²) >= 11 is 0. The molecule has 0 spiro atoms. The van der Waals surface area contributed by atoms with Crippen LogP contribution in [0.1, 0.15) is 44.7 Å². The van der Waals surface area contributed by atoms with E-state index in [0.717, 1.165) is 11.8 Å². The van der Waals surface area contributed by atoms with Crippen molar-refractivity contribution in [3.63, 3.8) is 0 Å². The van der Waals surface area contributed by atoms with Gasteiger partial charge in [0.2, 0.25) is 0 Å². The zero-order chi connectivity index (χ0) is 9.97. The van der Waals surface area contributed by atoms with Gasteiger partial charge in [0, 0.05) is 17.8 Å². The Labute approximate surface area is 86.6 Å². The molecule has 1 aliphatic rings. The Kier molecular flexibility index (Phi) is 2.85. The Morgan fingerprint density at radius 2 is 2.07 bits per heavy atom. The van der Waals surface area contributed by atoms with Crippen molar-refractivity contribution in [2.45, 2.75) is 39.0 Å². The first-order valence-corrected chi connectivity index (χ1v) is 5.68. The van der Waals surface area contributed by atoms with Crippen molar-refractivity contribution in [1.82, 2.24) is 4.98 Å². The predicted molar refractivity (Wildman–Crippen MR) is 59.2 cm³/mol. The predicted octanol–water partition coefficient (Wildman–Crippen LogP) is 3.62. The second-order valence-electron chi connectivity index (χ2n) is 4.76. The van der Waals surface area contributed by atoms with Crippen LogP contribution in [0.4, 0.5) is 0 Å². The van der Waals surface area contributed by atoms with Gasteiger partial charge in [-0.1, -0.05) is 26.3 Å². The fourth-order valence-electron chi connectivity index (χ4n) is 2.70. The summed E-state index contributed by atoms with van der Waals surface area (Å²) in [5, 5.41) is 0. The van der Waals surface area contributed by atoms with E-state index in [1.807, 2.05) is 12.3 Å². The van der Waals surface area contributed by atoms with Crippen molar-refractivity contribution in [2.24, 2.45) is 11.8 Å². The highest BCUT2D eigenvalue weighted by atomic mass is 14.7. The minimum Gasteiger partial charge on any atom is -0.261 e. The highest BCUT2D eigenvalue weighted by Crippen LogP contribution is 2.38. The molecule has 0 radical (unpaired) electrons. The van der Waals surface area contributed by atoms with Crippen LogP contribution in [0.2, 0.25) is 0 Å². The molecule has 0 aromatic carbocycles. The SMILES string of the molecule is C[C@H]1CC[C@H](c2ccccn2)[C@@H](C)C1. The summed E-state index contributed by atoms with van der Waals surface area (Å²) in [6.07, 6.45) is 5.96. The van der Waals surface area contributed by atoms with Gasteiger partial charge < -0.3 is 0 Å². The summed E-state index contributed by atoms with van der Waals surface area (Å²) in [5.41, 5.74) is 1.30. The van der Waals surface area contributed by atoms with Crippen LogP contribution in [0, 0.1) is 11.8 Å². The molecular weight excluding hydrogens is 170 g/mol. The van der Waals surface area contributed by atoms with Crippen LogP contribution in [0.3, 0.4) is 0 Å². The monoisotopic (exact) mass is 189 g/mol. The maximum Gasteiger partial charge on any atom is 0.0437 e. The molecule has 1 heteroatoms. The van der Waals surface area contributed by atoms with E-state index in [1.165, 1.54) is 25.0 Å². The van der Waals surface area contributed by atoms with Gasteiger partial charge in [-0.05, 0) is 36.8 Å². The standard InChI is InChI=1S/C13H19N/c1-10-6-7-12(11(2)9-10)13-5-3-4-8-14-13/h3-5,8,10-12H,6-7,9H2,1-2H3/t10-,11-,12-/m0/s1. The largest absolute Gasteiger partial charge is 0.261 e. The van der Waals surface area contributed by atoms with Gasteiger partial charge in [-0.3, -0.25) is 4.98 Å². The van der Waals surface area contributed by atoms with Crippen molar-refractivity contribution >= 4 is 0 Å². The summed E-state index contributed by atoms with van der Waals surface area (Å²) in [7, 11) is 0. The van der Waals surface area contributed by atoms with Crippen molar-refractivity contribution in [1.29, 1.82) is 0 Å². The maximum absolute atomic E-state index is 4.48. The van der Waals surface area contributed by atoms with E-state index in [1.54, 1.807) is 0 Å². The molecule has 0 aliphatic heterocycles. The second kappa shape index (κ2) is 4.12. The lowest BCUT2D eigenvalue weighted by Crippen LogP contribution is -2.20. The zero-order valence-electron chi connectivity index (χ0n) is 9.11. The first-order chi connectivity index (χ1) is 6.77. The van der Waals surface area contributed by atoms with E-state index >= 15 is 0 Å². The minimum atomic E-state index is 0.701. The van der Waals surface area contributed by atoms with Crippen molar-refractivity contribution in [3.05, 3.63) is 30.1 Å². The minimum absolute atomic E-state index is 0.701. The quantitative estimate of drug-likeness (QED) is 0.657. The van der Waals surface area contributed by atoms with Gasteiger partial charge in [0.15, 0.2) is 0 Å². The van der Waals surface area contributed by atoms with Crippen LogP contribution >= 0.6 is 0 Å². The van der Waals surface area contributed by atoms with Crippen molar-refractivity contribution in [2.75, 3.05) is 0 Å². The molecule has 1 nitrogen and oxygen atoms in total.